The maximum absolute atomic E-state index is 10.4. The van der Waals surface area contributed by atoms with Gasteiger partial charge in [0, 0.05) is 18.4 Å². The number of hydrogen-bond donors (Lipinski definition) is 2. The van der Waals surface area contributed by atoms with Gasteiger partial charge in [0.15, 0.2) is 6.61 Å². The lowest BCUT2D eigenvalue weighted by Crippen LogP contribution is -2.10. The molecule has 0 bridgehead atoms. The van der Waals surface area contributed by atoms with Gasteiger partial charge in [-0.15, -0.1) is 0 Å². The van der Waals surface area contributed by atoms with Crippen LogP contribution in [0.2, 0.25) is 0 Å². The van der Waals surface area contributed by atoms with Crippen LogP contribution in [-0.4, -0.2) is 34.2 Å². The minimum atomic E-state index is -0.979. The van der Waals surface area contributed by atoms with Gasteiger partial charge in [-0.1, -0.05) is 12.1 Å². The van der Waals surface area contributed by atoms with Crippen LogP contribution in [0.5, 0.6) is 5.75 Å². The number of carbonyl (C=O) groups is 1. The van der Waals surface area contributed by atoms with Crippen molar-refractivity contribution in [2.45, 2.75) is 25.7 Å². The first-order valence-corrected chi connectivity index (χ1v) is 7.73. The fourth-order valence-corrected chi connectivity index (χ4v) is 2.61. The number of nitrogens with zero attached hydrogens (tertiary/aromatic N) is 2. The molecule has 23 heavy (non-hydrogen) atoms. The number of benzene rings is 1. The van der Waals surface area contributed by atoms with Crippen LogP contribution in [0.15, 0.2) is 30.5 Å². The standard InChI is InChI=1S/C17H19N3O3/c21-16(22)11-23-14-6-4-12(5-7-14)8-9-18-17-19-10-13-2-1-3-15(13)20-17/h4-7,10H,1-3,8-9,11H2,(H,21,22)(H,18,19,20). The summed E-state index contributed by atoms with van der Waals surface area (Å²) in [5.74, 6) is 0.269. The summed E-state index contributed by atoms with van der Waals surface area (Å²) in [7, 11) is 0. The Morgan fingerprint density at radius 2 is 2.09 bits per heavy atom. The van der Waals surface area contributed by atoms with E-state index in [9.17, 15) is 4.79 Å². The van der Waals surface area contributed by atoms with Crippen LogP contribution in [-0.2, 0) is 24.1 Å². The molecule has 0 spiro atoms. The van der Waals surface area contributed by atoms with Gasteiger partial charge in [0.2, 0.25) is 5.95 Å². The molecule has 3 rings (SSSR count). The lowest BCUT2D eigenvalue weighted by atomic mass is 10.1. The molecular weight excluding hydrogens is 294 g/mol. The molecule has 0 saturated carbocycles. The van der Waals surface area contributed by atoms with Crippen molar-refractivity contribution in [3.63, 3.8) is 0 Å². The molecule has 120 valence electrons. The second-order valence-electron chi connectivity index (χ2n) is 5.52. The molecule has 2 aromatic rings. The van der Waals surface area contributed by atoms with Gasteiger partial charge in [0.25, 0.3) is 0 Å². The van der Waals surface area contributed by atoms with E-state index in [1.807, 2.05) is 18.3 Å². The summed E-state index contributed by atoms with van der Waals surface area (Å²) >= 11 is 0. The van der Waals surface area contributed by atoms with E-state index in [2.05, 4.69) is 15.3 Å². The first kappa shape index (κ1) is 15.3. The van der Waals surface area contributed by atoms with Gasteiger partial charge in [0.05, 0.1) is 0 Å². The van der Waals surface area contributed by atoms with Crippen LogP contribution >= 0.6 is 0 Å². The smallest absolute Gasteiger partial charge is 0.341 e. The highest BCUT2D eigenvalue weighted by Gasteiger charge is 2.13. The van der Waals surface area contributed by atoms with E-state index in [4.69, 9.17) is 9.84 Å². The second kappa shape index (κ2) is 7.09. The average molecular weight is 313 g/mol. The van der Waals surface area contributed by atoms with Gasteiger partial charge in [-0.05, 0) is 48.9 Å². The number of aromatic nitrogens is 2. The summed E-state index contributed by atoms with van der Waals surface area (Å²) in [6.45, 7) is 0.421. The molecule has 1 aliphatic carbocycles. The summed E-state index contributed by atoms with van der Waals surface area (Å²) in [5, 5.41) is 11.8. The molecule has 6 nitrogen and oxygen atoms in total. The molecule has 1 heterocycles. The zero-order chi connectivity index (χ0) is 16.1. The molecule has 1 aromatic carbocycles. The Balaban J connectivity index is 1.47. The van der Waals surface area contributed by atoms with Crippen LogP contribution in [0.4, 0.5) is 5.95 Å². The van der Waals surface area contributed by atoms with Crippen LogP contribution < -0.4 is 10.1 Å². The van der Waals surface area contributed by atoms with Crippen molar-refractivity contribution in [2.24, 2.45) is 0 Å². The van der Waals surface area contributed by atoms with E-state index in [0.717, 1.165) is 31.4 Å². The van der Waals surface area contributed by atoms with Gasteiger partial charge in [-0.25, -0.2) is 14.8 Å². The van der Waals surface area contributed by atoms with Crippen molar-refractivity contribution in [2.75, 3.05) is 18.5 Å². The normalized spacial score (nSPS) is 12.7. The Morgan fingerprint density at radius 1 is 1.26 bits per heavy atom. The van der Waals surface area contributed by atoms with E-state index >= 15 is 0 Å². The van der Waals surface area contributed by atoms with Crippen LogP contribution in [0.25, 0.3) is 0 Å². The van der Waals surface area contributed by atoms with Gasteiger partial charge < -0.3 is 15.2 Å². The highest BCUT2D eigenvalue weighted by molar-refractivity contribution is 5.68. The zero-order valence-corrected chi connectivity index (χ0v) is 12.8. The molecule has 6 heteroatoms. The summed E-state index contributed by atoms with van der Waals surface area (Å²) in [6.07, 6.45) is 6.06. The average Bonchev–Trinajstić information content (AvgIpc) is 3.02. The van der Waals surface area contributed by atoms with E-state index in [0.29, 0.717) is 11.7 Å². The van der Waals surface area contributed by atoms with Crippen molar-refractivity contribution in [3.8, 4) is 5.75 Å². The minimum absolute atomic E-state index is 0.323. The van der Waals surface area contributed by atoms with Crippen LogP contribution in [0, 0.1) is 0 Å². The monoisotopic (exact) mass is 313 g/mol. The Labute approximate surface area is 134 Å². The molecule has 1 aromatic heterocycles. The molecule has 0 fully saturated rings. The number of ether oxygens (including phenoxy) is 1. The minimum Gasteiger partial charge on any atom is -0.482 e. The van der Waals surface area contributed by atoms with Crippen molar-refractivity contribution < 1.29 is 14.6 Å². The van der Waals surface area contributed by atoms with E-state index in [1.165, 1.54) is 17.7 Å². The Hall–Kier alpha value is -2.63. The van der Waals surface area contributed by atoms with Crippen molar-refractivity contribution >= 4 is 11.9 Å². The predicted molar refractivity (Wildman–Crippen MR) is 85.8 cm³/mol. The lowest BCUT2D eigenvalue weighted by molar-refractivity contribution is -0.139. The van der Waals surface area contributed by atoms with Crippen molar-refractivity contribution in [3.05, 3.63) is 47.3 Å². The van der Waals surface area contributed by atoms with Crippen molar-refractivity contribution in [1.29, 1.82) is 0 Å². The van der Waals surface area contributed by atoms with E-state index in [-0.39, 0.29) is 6.61 Å². The maximum atomic E-state index is 10.4. The Bertz CT molecular complexity index is 686. The van der Waals surface area contributed by atoms with Crippen molar-refractivity contribution in [1.82, 2.24) is 9.97 Å². The van der Waals surface area contributed by atoms with Crippen LogP contribution in [0.1, 0.15) is 23.2 Å². The summed E-state index contributed by atoms with van der Waals surface area (Å²) < 4.78 is 5.10. The van der Waals surface area contributed by atoms with E-state index in [1.54, 1.807) is 12.1 Å². The third kappa shape index (κ3) is 4.18. The number of carboxylic acid groups (broad SMARTS) is 1. The zero-order valence-electron chi connectivity index (χ0n) is 12.8. The number of fused-ring (bicyclic) bond motifs is 1. The lowest BCUT2D eigenvalue weighted by Gasteiger charge is -2.07. The largest absolute Gasteiger partial charge is 0.482 e. The summed E-state index contributed by atoms with van der Waals surface area (Å²) in [4.78, 5) is 19.3. The molecule has 0 aliphatic heterocycles. The SMILES string of the molecule is O=C(O)COc1ccc(CCNc2ncc3c(n2)CCC3)cc1. The topological polar surface area (TPSA) is 84.3 Å². The third-order valence-electron chi connectivity index (χ3n) is 3.80. The second-order valence-corrected chi connectivity index (χ2v) is 5.52. The first-order valence-electron chi connectivity index (χ1n) is 7.73. The molecule has 0 atom stereocenters. The predicted octanol–water partition coefficient (Wildman–Crippen LogP) is 2.08. The number of aryl methyl sites for hydroxylation is 2. The highest BCUT2D eigenvalue weighted by Crippen LogP contribution is 2.19. The molecule has 0 radical (unpaired) electrons. The van der Waals surface area contributed by atoms with Gasteiger partial charge >= 0.3 is 5.97 Å². The molecular formula is C17H19N3O3. The summed E-state index contributed by atoms with van der Waals surface area (Å²) in [6, 6.07) is 7.43. The number of carboxylic acids is 1. The maximum Gasteiger partial charge on any atom is 0.341 e. The quantitative estimate of drug-likeness (QED) is 0.814. The number of hydrogen-bond acceptors (Lipinski definition) is 5. The number of aliphatic carboxylic acids is 1. The molecule has 0 unspecified atom stereocenters. The fourth-order valence-electron chi connectivity index (χ4n) is 2.61. The number of nitrogens with one attached hydrogen (secondary N) is 1. The van der Waals surface area contributed by atoms with E-state index < -0.39 is 5.97 Å². The Morgan fingerprint density at radius 3 is 2.87 bits per heavy atom. The molecule has 0 saturated heterocycles. The molecule has 2 N–H and O–H groups in total. The summed E-state index contributed by atoms with van der Waals surface area (Å²) in [5.41, 5.74) is 3.58. The highest BCUT2D eigenvalue weighted by atomic mass is 16.5. The Kier molecular flexibility index (Phi) is 4.71. The fraction of sp³-hybridized carbons (Fsp3) is 0.353. The van der Waals surface area contributed by atoms with Gasteiger partial charge in [-0.3, -0.25) is 0 Å². The molecule has 0 amide bonds. The number of anilines is 1. The van der Waals surface area contributed by atoms with Gasteiger partial charge in [0.1, 0.15) is 5.75 Å². The number of rotatable bonds is 7. The molecule has 1 aliphatic rings. The first-order chi connectivity index (χ1) is 11.2. The third-order valence-corrected chi connectivity index (χ3v) is 3.80. The van der Waals surface area contributed by atoms with Gasteiger partial charge in [-0.2, -0.15) is 0 Å². The van der Waals surface area contributed by atoms with Crippen LogP contribution in [0.3, 0.4) is 0 Å².